The van der Waals surface area contributed by atoms with Gasteiger partial charge >= 0.3 is 6.18 Å². The maximum absolute atomic E-state index is 12.7. The van der Waals surface area contributed by atoms with Crippen LogP contribution in [0.25, 0.3) is 10.9 Å². The van der Waals surface area contributed by atoms with Crippen molar-refractivity contribution < 1.29 is 13.2 Å². The van der Waals surface area contributed by atoms with Crippen molar-refractivity contribution in [3.8, 4) is 6.07 Å². The lowest BCUT2D eigenvalue weighted by Crippen LogP contribution is -2.46. The third kappa shape index (κ3) is 5.00. The van der Waals surface area contributed by atoms with Crippen molar-refractivity contribution in [3.63, 3.8) is 0 Å². The Balaban J connectivity index is 1.22. The quantitative estimate of drug-likeness (QED) is 0.584. The summed E-state index contributed by atoms with van der Waals surface area (Å²) in [6.07, 6.45) is 1.68. The zero-order chi connectivity index (χ0) is 21.8. The van der Waals surface area contributed by atoms with Gasteiger partial charge in [0, 0.05) is 49.5 Å². The van der Waals surface area contributed by atoms with Gasteiger partial charge in [0.1, 0.15) is 5.82 Å². The number of alkyl halides is 3. The van der Waals surface area contributed by atoms with Gasteiger partial charge in [-0.15, -0.1) is 0 Å². The largest absolute Gasteiger partial charge is 0.417 e. The van der Waals surface area contributed by atoms with Crippen LogP contribution in [-0.2, 0) is 12.6 Å². The van der Waals surface area contributed by atoms with Gasteiger partial charge < -0.3 is 9.88 Å². The molecule has 3 heterocycles. The molecule has 1 aliphatic rings. The molecule has 0 radical (unpaired) electrons. The Morgan fingerprint density at radius 1 is 1.06 bits per heavy atom. The second-order valence-electron chi connectivity index (χ2n) is 7.87. The van der Waals surface area contributed by atoms with Gasteiger partial charge in [0.2, 0.25) is 0 Å². The highest BCUT2D eigenvalue weighted by Crippen LogP contribution is 2.29. The minimum atomic E-state index is -4.35. The van der Waals surface area contributed by atoms with Gasteiger partial charge in [-0.25, -0.2) is 4.98 Å². The van der Waals surface area contributed by atoms with Gasteiger partial charge in [-0.2, -0.15) is 18.4 Å². The number of hydrogen-bond acceptors (Lipinski definition) is 4. The number of H-pyrrole nitrogens is 1. The van der Waals surface area contributed by atoms with Crippen molar-refractivity contribution in [1.82, 2.24) is 14.9 Å². The average Bonchev–Trinajstić information content (AvgIpc) is 3.19. The van der Waals surface area contributed by atoms with Crippen LogP contribution in [0.5, 0.6) is 0 Å². The number of anilines is 1. The molecule has 3 aromatic rings. The lowest BCUT2D eigenvalue weighted by molar-refractivity contribution is -0.137. The highest BCUT2D eigenvalue weighted by Gasteiger charge is 2.31. The summed E-state index contributed by atoms with van der Waals surface area (Å²) in [7, 11) is 0. The number of aromatic nitrogens is 2. The number of nitrogens with zero attached hydrogens (tertiary/aromatic N) is 4. The van der Waals surface area contributed by atoms with Crippen molar-refractivity contribution in [3.05, 3.63) is 59.4 Å². The van der Waals surface area contributed by atoms with E-state index in [1.165, 1.54) is 11.6 Å². The minimum absolute atomic E-state index is 0.601. The van der Waals surface area contributed by atoms with Crippen molar-refractivity contribution in [2.45, 2.75) is 25.4 Å². The number of rotatable bonds is 6. The first-order valence-corrected chi connectivity index (χ1v) is 10.4. The molecule has 0 saturated carbocycles. The van der Waals surface area contributed by atoms with Crippen LogP contribution in [0, 0.1) is 11.3 Å². The van der Waals surface area contributed by atoms with E-state index >= 15 is 0 Å². The summed E-state index contributed by atoms with van der Waals surface area (Å²) < 4.78 is 38.1. The molecule has 0 unspecified atom stereocenters. The summed E-state index contributed by atoms with van der Waals surface area (Å²) in [6.45, 7) is 4.28. The first-order chi connectivity index (χ1) is 14.9. The Labute approximate surface area is 179 Å². The summed E-state index contributed by atoms with van der Waals surface area (Å²) >= 11 is 0. The van der Waals surface area contributed by atoms with Gasteiger partial charge in [-0.05, 0) is 61.7 Å². The van der Waals surface area contributed by atoms with Crippen molar-refractivity contribution in [1.29, 1.82) is 5.26 Å². The fourth-order valence-corrected chi connectivity index (χ4v) is 4.05. The number of hydrogen-bond donors (Lipinski definition) is 1. The van der Waals surface area contributed by atoms with E-state index in [0.717, 1.165) is 75.2 Å². The molecule has 1 saturated heterocycles. The molecular weight excluding hydrogens is 403 g/mol. The summed E-state index contributed by atoms with van der Waals surface area (Å²) in [5, 5.41) is 10.2. The molecule has 8 heteroatoms. The van der Waals surface area contributed by atoms with E-state index in [1.807, 2.05) is 29.3 Å². The zero-order valence-electron chi connectivity index (χ0n) is 17.1. The van der Waals surface area contributed by atoms with Gasteiger partial charge in [0.15, 0.2) is 0 Å². The van der Waals surface area contributed by atoms with Gasteiger partial charge in [0.25, 0.3) is 0 Å². The van der Waals surface area contributed by atoms with E-state index in [-0.39, 0.29) is 0 Å². The Hall–Kier alpha value is -3.05. The highest BCUT2D eigenvalue weighted by molar-refractivity contribution is 5.84. The molecule has 0 spiro atoms. The number of pyridine rings is 1. The number of nitrogens with one attached hydrogen (secondary N) is 1. The van der Waals surface area contributed by atoms with Crippen LogP contribution in [0.15, 0.2) is 42.7 Å². The zero-order valence-corrected chi connectivity index (χ0v) is 17.1. The molecule has 1 aliphatic heterocycles. The lowest BCUT2D eigenvalue weighted by Gasteiger charge is -2.35. The summed E-state index contributed by atoms with van der Waals surface area (Å²) in [5.41, 5.74) is 2.26. The highest BCUT2D eigenvalue weighted by atomic mass is 19.4. The SMILES string of the molecule is N#Cc1ccc2[nH]cc(CCCCN3CCN(c4ccc(C(F)(F)F)cn4)CC3)c2c1. The molecule has 1 fully saturated rings. The molecule has 1 aromatic carbocycles. The van der Waals surface area contributed by atoms with Crippen LogP contribution in [0.3, 0.4) is 0 Å². The predicted octanol–water partition coefficient (Wildman–Crippen LogP) is 4.60. The molecule has 0 aliphatic carbocycles. The van der Waals surface area contributed by atoms with E-state index in [9.17, 15) is 13.2 Å². The third-order valence-corrected chi connectivity index (χ3v) is 5.84. The van der Waals surface area contributed by atoms with E-state index in [0.29, 0.717) is 11.4 Å². The lowest BCUT2D eigenvalue weighted by atomic mass is 10.1. The Kier molecular flexibility index (Phi) is 6.14. The molecular formula is C23H24F3N5. The molecule has 0 bridgehead atoms. The predicted molar refractivity (Wildman–Crippen MR) is 114 cm³/mol. The fourth-order valence-electron chi connectivity index (χ4n) is 4.05. The number of fused-ring (bicyclic) bond motifs is 1. The maximum Gasteiger partial charge on any atom is 0.417 e. The first-order valence-electron chi connectivity index (χ1n) is 10.4. The molecule has 2 aromatic heterocycles. The molecule has 31 heavy (non-hydrogen) atoms. The fraction of sp³-hybridized carbons (Fsp3) is 0.391. The van der Waals surface area contributed by atoms with Crippen LogP contribution >= 0.6 is 0 Å². The molecule has 4 rings (SSSR count). The third-order valence-electron chi connectivity index (χ3n) is 5.84. The molecule has 162 valence electrons. The molecule has 5 nitrogen and oxygen atoms in total. The Morgan fingerprint density at radius 2 is 1.87 bits per heavy atom. The minimum Gasteiger partial charge on any atom is -0.361 e. The van der Waals surface area contributed by atoms with Gasteiger partial charge in [-0.3, -0.25) is 4.90 Å². The number of aryl methyl sites for hydroxylation is 1. The van der Waals surface area contributed by atoms with Crippen LogP contribution in [0.2, 0.25) is 0 Å². The Bertz CT molecular complexity index is 1060. The normalized spacial score (nSPS) is 15.4. The van der Waals surface area contributed by atoms with E-state index in [1.54, 1.807) is 0 Å². The number of halogens is 3. The summed E-state index contributed by atoms with van der Waals surface area (Å²) in [4.78, 5) is 11.7. The number of nitriles is 1. The number of benzene rings is 1. The maximum atomic E-state index is 12.7. The van der Waals surface area contributed by atoms with E-state index < -0.39 is 11.7 Å². The van der Waals surface area contributed by atoms with Gasteiger partial charge in [-0.1, -0.05) is 0 Å². The first kappa shape index (κ1) is 21.2. The van der Waals surface area contributed by atoms with Crippen molar-refractivity contribution >= 4 is 16.7 Å². The van der Waals surface area contributed by atoms with E-state index in [4.69, 9.17) is 5.26 Å². The molecule has 0 amide bonds. The second kappa shape index (κ2) is 8.98. The van der Waals surface area contributed by atoms with Crippen molar-refractivity contribution in [2.75, 3.05) is 37.6 Å². The average molecular weight is 427 g/mol. The topological polar surface area (TPSA) is 59.0 Å². The molecule has 1 N–H and O–H groups in total. The smallest absolute Gasteiger partial charge is 0.361 e. The van der Waals surface area contributed by atoms with Gasteiger partial charge in [0.05, 0.1) is 17.2 Å². The van der Waals surface area contributed by atoms with Crippen LogP contribution in [0.4, 0.5) is 19.0 Å². The number of piperazine rings is 1. The monoisotopic (exact) mass is 427 g/mol. The molecule has 0 atom stereocenters. The Morgan fingerprint density at radius 3 is 2.55 bits per heavy atom. The van der Waals surface area contributed by atoms with Crippen LogP contribution in [-0.4, -0.2) is 47.6 Å². The van der Waals surface area contributed by atoms with Crippen molar-refractivity contribution in [2.24, 2.45) is 0 Å². The van der Waals surface area contributed by atoms with Crippen LogP contribution < -0.4 is 4.90 Å². The summed E-state index contributed by atoms with van der Waals surface area (Å²) in [6, 6.07) is 10.5. The number of aromatic amines is 1. The van der Waals surface area contributed by atoms with E-state index in [2.05, 4.69) is 20.9 Å². The summed E-state index contributed by atoms with van der Waals surface area (Å²) in [5.74, 6) is 0.601. The standard InChI is InChI=1S/C23H24F3N5/c24-23(25,26)19-5-7-22(29-16-19)31-11-9-30(10-12-31)8-2-1-3-18-15-28-21-6-4-17(14-27)13-20(18)21/h4-7,13,15-16,28H,1-3,8-12H2. The second-order valence-corrected chi connectivity index (χ2v) is 7.87. The number of unbranched alkanes of at least 4 members (excludes halogenated alkanes) is 1. The van der Waals surface area contributed by atoms with Crippen LogP contribution in [0.1, 0.15) is 29.5 Å².